The number of halogens is 2. The van der Waals surface area contributed by atoms with Gasteiger partial charge in [-0.3, -0.25) is 4.79 Å². The minimum atomic E-state index is -4.03. The molecule has 0 bridgehead atoms. The lowest BCUT2D eigenvalue weighted by Crippen LogP contribution is -2.37. The Kier molecular flexibility index (Phi) is 7.83. The van der Waals surface area contributed by atoms with E-state index in [1.54, 1.807) is 25.1 Å². The smallest absolute Gasteiger partial charge is 0.330 e. The molecule has 1 amide bonds. The Morgan fingerprint density at radius 2 is 1.80 bits per heavy atom. The zero-order valence-corrected chi connectivity index (χ0v) is 25.3. The molecule has 0 fully saturated rings. The highest BCUT2D eigenvalue weighted by molar-refractivity contribution is 7.89. The van der Waals surface area contributed by atoms with Crippen LogP contribution < -0.4 is 10.1 Å². The Morgan fingerprint density at radius 3 is 2.54 bits per heavy atom. The number of hydrogen-bond acceptors (Lipinski definition) is 6. The van der Waals surface area contributed by atoms with Crippen LogP contribution in [0.2, 0.25) is 0 Å². The van der Waals surface area contributed by atoms with Gasteiger partial charge in [-0.05, 0) is 59.9 Å². The average molecular weight is 644 g/mol. The number of carboxylic acids is 1. The predicted octanol–water partition coefficient (Wildman–Crippen LogP) is 5.38. The molecule has 1 aliphatic carbocycles. The number of benzene rings is 4. The molecule has 1 atom stereocenters. The number of amides is 1. The van der Waals surface area contributed by atoms with E-state index in [1.165, 1.54) is 65.0 Å². The van der Waals surface area contributed by atoms with Crippen molar-refractivity contribution < 1.29 is 36.6 Å². The van der Waals surface area contributed by atoms with Gasteiger partial charge in [0.15, 0.2) is 6.04 Å². The van der Waals surface area contributed by atoms with Crippen LogP contribution in [0.15, 0.2) is 83.8 Å². The molecular weight excluding hydrogens is 616 g/mol. The first-order valence-corrected chi connectivity index (χ1v) is 15.8. The number of alkyl halides is 2. The van der Waals surface area contributed by atoms with Crippen LogP contribution in [0.1, 0.15) is 56.7 Å². The van der Waals surface area contributed by atoms with Crippen molar-refractivity contribution in [1.29, 1.82) is 5.26 Å². The Morgan fingerprint density at radius 1 is 1.04 bits per heavy atom. The van der Waals surface area contributed by atoms with Crippen LogP contribution in [0.4, 0.5) is 8.78 Å². The highest BCUT2D eigenvalue weighted by Gasteiger charge is 2.45. The Balaban J connectivity index is 1.28. The maximum atomic E-state index is 15.2. The summed E-state index contributed by atoms with van der Waals surface area (Å²) in [5.74, 6) is -5.27. The van der Waals surface area contributed by atoms with Gasteiger partial charge in [0, 0.05) is 35.3 Å². The zero-order valence-electron chi connectivity index (χ0n) is 24.5. The van der Waals surface area contributed by atoms with Gasteiger partial charge in [0.25, 0.3) is 11.8 Å². The second-order valence-corrected chi connectivity index (χ2v) is 12.9. The number of hydrogen-bond donors (Lipinski definition) is 2. The fourth-order valence-electron chi connectivity index (χ4n) is 6.03. The largest absolute Gasteiger partial charge is 0.492 e. The highest BCUT2D eigenvalue weighted by Crippen LogP contribution is 2.52. The predicted molar refractivity (Wildman–Crippen MR) is 163 cm³/mol. The molecular formula is C34H27F2N3O6S. The van der Waals surface area contributed by atoms with E-state index in [9.17, 15) is 28.4 Å². The molecule has 4 aromatic rings. The van der Waals surface area contributed by atoms with Crippen molar-refractivity contribution in [2.45, 2.75) is 36.7 Å². The van der Waals surface area contributed by atoms with E-state index in [1.807, 2.05) is 6.07 Å². The second-order valence-electron chi connectivity index (χ2n) is 10.9. The number of rotatable bonds is 8. The Labute approximate surface area is 263 Å². The summed E-state index contributed by atoms with van der Waals surface area (Å²) >= 11 is 0. The molecule has 234 valence electrons. The maximum absolute atomic E-state index is 15.2. The lowest BCUT2D eigenvalue weighted by molar-refractivity contribution is -0.139. The summed E-state index contributed by atoms with van der Waals surface area (Å²) in [4.78, 5) is 25.9. The molecule has 0 saturated carbocycles. The van der Waals surface area contributed by atoms with Gasteiger partial charge in [-0.1, -0.05) is 54.6 Å². The lowest BCUT2D eigenvalue weighted by Gasteiger charge is -2.29. The van der Waals surface area contributed by atoms with Crippen molar-refractivity contribution in [1.82, 2.24) is 9.62 Å². The number of nitriles is 1. The molecule has 4 aromatic carbocycles. The van der Waals surface area contributed by atoms with Crippen LogP contribution in [-0.4, -0.2) is 42.9 Å². The summed E-state index contributed by atoms with van der Waals surface area (Å²) in [7, 11) is -4.03. The first-order valence-electron chi connectivity index (χ1n) is 14.4. The summed E-state index contributed by atoms with van der Waals surface area (Å²) in [6, 6.07) is 19.1. The van der Waals surface area contributed by atoms with Gasteiger partial charge in [-0.25, -0.2) is 13.2 Å². The van der Waals surface area contributed by atoms with E-state index in [0.29, 0.717) is 18.6 Å². The van der Waals surface area contributed by atoms with Crippen molar-refractivity contribution in [2.75, 3.05) is 13.2 Å². The molecule has 6 rings (SSSR count). The van der Waals surface area contributed by atoms with Gasteiger partial charge in [0.2, 0.25) is 10.0 Å². The molecule has 0 saturated heterocycles. The molecule has 12 heteroatoms. The van der Waals surface area contributed by atoms with E-state index in [-0.39, 0.29) is 62.7 Å². The molecule has 0 spiro atoms. The highest BCUT2D eigenvalue weighted by atomic mass is 32.2. The van der Waals surface area contributed by atoms with Crippen molar-refractivity contribution >= 4 is 21.9 Å². The van der Waals surface area contributed by atoms with Crippen LogP contribution in [-0.2, 0) is 33.7 Å². The van der Waals surface area contributed by atoms with Gasteiger partial charge < -0.3 is 15.2 Å². The van der Waals surface area contributed by atoms with Crippen LogP contribution in [0.5, 0.6) is 5.75 Å². The molecule has 0 radical (unpaired) electrons. The fourth-order valence-corrected chi connectivity index (χ4v) is 7.48. The Hall–Kier alpha value is -5.12. The number of fused-ring (bicyclic) bond motifs is 4. The molecule has 46 heavy (non-hydrogen) atoms. The summed E-state index contributed by atoms with van der Waals surface area (Å²) in [5.41, 5.74) is 1.22. The zero-order chi connectivity index (χ0) is 32.8. The van der Waals surface area contributed by atoms with Crippen molar-refractivity contribution in [2.24, 2.45) is 0 Å². The summed E-state index contributed by atoms with van der Waals surface area (Å²) in [6.45, 7) is 2.15. The molecule has 1 unspecified atom stereocenters. The molecule has 1 aliphatic heterocycles. The quantitative estimate of drug-likeness (QED) is 0.263. The number of carbonyl (C=O) groups is 2. The van der Waals surface area contributed by atoms with Crippen molar-refractivity contribution in [3.05, 3.63) is 118 Å². The van der Waals surface area contributed by atoms with Gasteiger partial charge in [0.1, 0.15) is 11.8 Å². The lowest BCUT2D eigenvalue weighted by atomic mass is 9.95. The van der Waals surface area contributed by atoms with E-state index in [4.69, 9.17) is 4.74 Å². The SMILES string of the molecule is CCOc1ccc(S(=O)(=O)N2CCc3ccc(C(NC(=O)c4cccc5c4-c4ccccc4C5(F)F)C(=O)O)cc3C2)cc1C#N. The van der Waals surface area contributed by atoms with Gasteiger partial charge >= 0.3 is 5.97 Å². The number of carboxylic acid groups (broad SMARTS) is 1. The van der Waals surface area contributed by atoms with E-state index in [0.717, 1.165) is 5.56 Å². The molecule has 2 N–H and O–H groups in total. The van der Waals surface area contributed by atoms with Gasteiger partial charge in [-0.2, -0.15) is 18.3 Å². The molecule has 9 nitrogen and oxygen atoms in total. The number of aliphatic carboxylic acids is 1. The third-order valence-electron chi connectivity index (χ3n) is 8.25. The van der Waals surface area contributed by atoms with Crippen LogP contribution in [0.3, 0.4) is 0 Å². The number of carbonyl (C=O) groups excluding carboxylic acids is 1. The molecule has 0 aromatic heterocycles. The first kappa shape index (κ1) is 30.9. The van der Waals surface area contributed by atoms with Crippen LogP contribution in [0.25, 0.3) is 11.1 Å². The minimum Gasteiger partial charge on any atom is -0.492 e. The first-order chi connectivity index (χ1) is 22.0. The normalized spacial score (nSPS) is 15.5. The maximum Gasteiger partial charge on any atom is 0.330 e. The topological polar surface area (TPSA) is 137 Å². The minimum absolute atomic E-state index is 0.0462. The van der Waals surface area contributed by atoms with E-state index >= 15 is 8.78 Å². The van der Waals surface area contributed by atoms with Gasteiger partial charge in [0.05, 0.1) is 17.1 Å². The third kappa shape index (κ3) is 5.17. The van der Waals surface area contributed by atoms with Crippen molar-refractivity contribution in [3.8, 4) is 22.9 Å². The van der Waals surface area contributed by atoms with E-state index < -0.39 is 33.9 Å². The van der Waals surface area contributed by atoms with Crippen LogP contribution in [0, 0.1) is 11.3 Å². The number of nitrogens with one attached hydrogen (secondary N) is 1. The summed E-state index contributed by atoms with van der Waals surface area (Å²) < 4.78 is 64.2. The second kappa shape index (κ2) is 11.7. The fraction of sp³-hybridized carbons (Fsp3) is 0.206. The molecule has 1 heterocycles. The van der Waals surface area contributed by atoms with E-state index in [2.05, 4.69) is 5.32 Å². The number of nitrogens with zero attached hydrogens (tertiary/aromatic N) is 2. The van der Waals surface area contributed by atoms with Crippen molar-refractivity contribution in [3.63, 3.8) is 0 Å². The summed E-state index contributed by atoms with van der Waals surface area (Å²) in [5, 5.41) is 22.1. The average Bonchev–Trinajstić information content (AvgIpc) is 3.29. The monoisotopic (exact) mass is 643 g/mol. The standard InChI is InChI=1S/C34H27F2N3O6S/c1-2-45-29-13-12-24(17-22(29)18-37)46(43,44)39-15-14-20-10-11-21(16-23(20)19-39)31(33(41)42)38-32(40)26-7-5-9-28-30(26)25-6-3-4-8-27(25)34(28,35)36/h3-13,16-17,31H,2,14-15,19H2,1H3,(H,38,40)(H,41,42). The number of sulfonamides is 1. The third-order valence-corrected chi connectivity index (χ3v) is 10.1. The molecule has 2 aliphatic rings. The van der Waals surface area contributed by atoms with Crippen LogP contribution >= 0.6 is 0 Å². The number of ether oxygens (including phenoxy) is 1. The Bertz CT molecular complexity index is 2060. The van der Waals surface area contributed by atoms with Gasteiger partial charge in [-0.15, -0.1) is 0 Å². The summed E-state index contributed by atoms with van der Waals surface area (Å²) in [6.07, 6.45) is 0.352.